The molecular formula is C26H28N4O2S. The van der Waals surface area contributed by atoms with Crippen molar-refractivity contribution < 1.29 is 9.59 Å². The lowest BCUT2D eigenvalue weighted by molar-refractivity contribution is -0.129. The molecule has 0 bridgehead atoms. The van der Waals surface area contributed by atoms with Crippen LogP contribution in [0.3, 0.4) is 0 Å². The Morgan fingerprint density at radius 3 is 2.73 bits per heavy atom. The molecule has 6 nitrogen and oxygen atoms in total. The smallest absolute Gasteiger partial charge is 0.239 e. The average molecular weight is 461 g/mol. The van der Waals surface area contributed by atoms with Gasteiger partial charge >= 0.3 is 0 Å². The maximum atomic E-state index is 13.0. The number of carbonyl (C=O) groups is 2. The third kappa shape index (κ3) is 4.56. The second-order valence-corrected chi connectivity index (χ2v) is 10.0. The zero-order valence-corrected chi connectivity index (χ0v) is 19.8. The molecule has 7 heteroatoms. The molecule has 2 aliphatic rings. The lowest BCUT2D eigenvalue weighted by Crippen LogP contribution is -2.33. The van der Waals surface area contributed by atoms with Gasteiger partial charge in [-0.2, -0.15) is 0 Å². The monoisotopic (exact) mass is 460 g/mol. The van der Waals surface area contributed by atoms with Crippen LogP contribution in [0.25, 0.3) is 0 Å². The van der Waals surface area contributed by atoms with Gasteiger partial charge in [0.1, 0.15) is 5.92 Å². The van der Waals surface area contributed by atoms with Crippen molar-refractivity contribution in [1.82, 2.24) is 9.88 Å². The predicted molar refractivity (Wildman–Crippen MR) is 131 cm³/mol. The zero-order valence-electron chi connectivity index (χ0n) is 19.0. The van der Waals surface area contributed by atoms with Gasteiger partial charge in [0.25, 0.3) is 0 Å². The summed E-state index contributed by atoms with van der Waals surface area (Å²) in [5.41, 5.74) is 5.56. The van der Waals surface area contributed by atoms with Gasteiger partial charge in [0, 0.05) is 43.2 Å². The second-order valence-electron chi connectivity index (χ2n) is 8.92. The summed E-state index contributed by atoms with van der Waals surface area (Å²) in [4.78, 5) is 35.9. The molecule has 2 aromatic carbocycles. The Balaban J connectivity index is 1.22. The molecular weight excluding hydrogens is 432 g/mol. The number of aryl methyl sites for hydroxylation is 2. The van der Waals surface area contributed by atoms with Gasteiger partial charge < -0.3 is 10.2 Å². The lowest BCUT2D eigenvalue weighted by Gasteiger charge is -2.25. The van der Waals surface area contributed by atoms with Crippen LogP contribution in [-0.2, 0) is 29.1 Å². The molecule has 1 N–H and O–H groups in total. The molecule has 0 saturated carbocycles. The normalized spacial score (nSPS) is 18.4. The Kier molecular flexibility index (Phi) is 6.00. The van der Waals surface area contributed by atoms with Crippen LogP contribution in [0.4, 0.5) is 10.8 Å². The highest BCUT2D eigenvalue weighted by Crippen LogP contribution is 2.31. The number of carbonyl (C=O) groups excluding carboxylic acids is 2. The second kappa shape index (κ2) is 9.08. The third-order valence-electron chi connectivity index (χ3n) is 6.61. The first-order chi connectivity index (χ1) is 16.0. The SMILES string of the molecule is Cc1ccc(N2CCC(C(=O)Nc3nc4c(s3)CN(Cc3ccccc3)CC4)C2=O)cc1C. The number of hydrogen-bond donors (Lipinski definition) is 1. The largest absolute Gasteiger partial charge is 0.312 e. The van der Waals surface area contributed by atoms with E-state index < -0.39 is 5.92 Å². The Labute approximate surface area is 198 Å². The number of thiazole rings is 1. The summed E-state index contributed by atoms with van der Waals surface area (Å²) in [6.07, 6.45) is 1.39. The van der Waals surface area contributed by atoms with Crippen LogP contribution in [0.5, 0.6) is 0 Å². The molecule has 1 fully saturated rings. The molecule has 1 saturated heterocycles. The molecule has 1 unspecified atom stereocenters. The minimum Gasteiger partial charge on any atom is -0.312 e. The molecule has 1 aromatic heterocycles. The molecule has 2 amide bonds. The number of aromatic nitrogens is 1. The molecule has 33 heavy (non-hydrogen) atoms. The van der Waals surface area contributed by atoms with Gasteiger partial charge in [0.2, 0.25) is 11.8 Å². The summed E-state index contributed by atoms with van der Waals surface area (Å²) in [5.74, 6) is -1.05. The summed E-state index contributed by atoms with van der Waals surface area (Å²) in [6, 6.07) is 16.5. The fourth-order valence-electron chi connectivity index (χ4n) is 4.54. The van der Waals surface area contributed by atoms with E-state index in [1.807, 2.05) is 31.2 Å². The summed E-state index contributed by atoms with van der Waals surface area (Å²) in [6.45, 7) is 7.34. The van der Waals surface area contributed by atoms with Crippen molar-refractivity contribution in [2.45, 2.75) is 39.8 Å². The summed E-state index contributed by atoms with van der Waals surface area (Å²) in [7, 11) is 0. The summed E-state index contributed by atoms with van der Waals surface area (Å²) >= 11 is 1.53. The number of fused-ring (bicyclic) bond motifs is 1. The van der Waals surface area contributed by atoms with Crippen molar-refractivity contribution in [3.05, 3.63) is 75.8 Å². The van der Waals surface area contributed by atoms with E-state index in [1.54, 1.807) is 4.90 Å². The highest BCUT2D eigenvalue weighted by Gasteiger charge is 2.38. The summed E-state index contributed by atoms with van der Waals surface area (Å²) < 4.78 is 0. The minimum atomic E-state index is -0.665. The number of rotatable bonds is 5. The first-order valence-corrected chi connectivity index (χ1v) is 12.2. The van der Waals surface area contributed by atoms with Crippen LogP contribution in [0, 0.1) is 19.8 Å². The van der Waals surface area contributed by atoms with Crippen LogP contribution in [0.1, 0.15) is 33.7 Å². The maximum Gasteiger partial charge on any atom is 0.239 e. The molecule has 1 atom stereocenters. The molecule has 2 aliphatic heterocycles. The molecule has 5 rings (SSSR count). The van der Waals surface area contributed by atoms with Gasteiger partial charge in [-0.1, -0.05) is 36.4 Å². The van der Waals surface area contributed by atoms with E-state index in [-0.39, 0.29) is 11.8 Å². The van der Waals surface area contributed by atoms with E-state index in [2.05, 4.69) is 46.4 Å². The Bertz CT molecular complexity index is 1190. The van der Waals surface area contributed by atoms with E-state index in [0.717, 1.165) is 43.0 Å². The molecule has 3 aromatic rings. The van der Waals surface area contributed by atoms with Gasteiger partial charge in [0.05, 0.1) is 5.69 Å². The molecule has 170 valence electrons. The van der Waals surface area contributed by atoms with Crippen molar-refractivity contribution in [3.63, 3.8) is 0 Å². The van der Waals surface area contributed by atoms with Crippen LogP contribution in [-0.4, -0.2) is 34.8 Å². The van der Waals surface area contributed by atoms with Crippen molar-refractivity contribution in [3.8, 4) is 0 Å². The van der Waals surface area contributed by atoms with Crippen LogP contribution in [0.2, 0.25) is 0 Å². The first kappa shape index (κ1) is 21.8. The van der Waals surface area contributed by atoms with E-state index in [1.165, 1.54) is 27.3 Å². The molecule has 0 aliphatic carbocycles. The van der Waals surface area contributed by atoms with E-state index >= 15 is 0 Å². The van der Waals surface area contributed by atoms with Crippen molar-refractivity contribution in [2.75, 3.05) is 23.3 Å². The van der Waals surface area contributed by atoms with Gasteiger partial charge in [-0.05, 0) is 49.1 Å². The molecule has 0 radical (unpaired) electrons. The number of nitrogens with one attached hydrogen (secondary N) is 1. The van der Waals surface area contributed by atoms with Gasteiger partial charge in [-0.15, -0.1) is 11.3 Å². The Morgan fingerprint density at radius 1 is 1.12 bits per heavy atom. The average Bonchev–Trinajstić information content (AvgIpc) is 3.38. The minimum absolute atomic E-state index is 0.133. The van der Waals surface area contributed by atoms with E-state index in [9.17, 15) is 9.59 Å². The van der Waals surface area contributed by atoms with Gasteiger partial charge in [-0.3, -0.25) is 14.5 Å². The van der Waals surface area contributed by atoms with Crippen molar-refractivity contribution >= 4 is 34.0 Å². The molecule has 3 heterocycles. The lowest BCUT2D eigenvalue weighted by atomic mass is 10.1. The van der Waals surface area contributed by atoms with Crippen LogP contribution in [0.15, 0.2) is 48.5 Å². The van der Waals surface area contributed by atoms with Crippen LogP contribution >= 0.6 is 11.3 Å². The molecule has 0 spiro atoms. The van der Waals surface area contributed by atoms with Crippen molar-refractivity contribution in [1.29, 1.82) is 0 Å². The quantitative estimate of drug-likeness (QED) is 0.576. The Morgan fingerprint density at radius 2 is 1.94 bits per heavy atom. The fourth-order valence-corrected chi connectivity index (χ4v) is 5.60. The van der Waals surface area contributed by atoms with E-state index in [4.69, 9.17) is 0 Å². The number of amides is 2. The number of nitrogens with zero attached hydrogens (tertiary/aromatic N) is 3. The van der Waals surface area contributed by atoms with Crippen molar-refractivity contribution in [2.24, 2.45) is 5.92 Å². The Hall–Kier alpha value is -3.03. The number of benzene rings is 2. The van der Waals surface area contributed by atoms with Gasteiger partial charge in [0.15, 0.2) is 5.13 Å². The predicted octanol–water partition coefficient (Wildman–Crippen LogP) is 4.31. The summed E-state index contributed by atoms with van der Waals surface area (Å²) in [5, 5.41) is 3.53. The highest BCUT2D eigenvalue weighted by molar-refractivity contribution is 7.15. The first-order valence-electron chi connectivity index (χ1n) is 11.4. The standard InChI is InChI=1S/C26H28N4O2S/c1-17-8-9-20(14-18(17)2)30-13-10-21(25(30)32)24(31)28-26-27-22-11-12-29(16-23(22)33-26)15-19-6-4-3-5-7-19/h3-9,14,21H,10-13,15-16H2,1-2H3,(H,27,28,31). The maximum absolute atomic E-state index is 13.0. The third-order valence-corrected chi connectivity index (χ3v) is 7.61. The number of hydrogen-bond acceptors (Lipinski definition) is 5. The number of anilines is 2. The topological polar surface area (TPSA) is 65.5 Å². The van der Waals surface area contributed by atoms with E-state index in [0.29, 0.717) is 18.1 Å². The van der Waals surface area contributed by atoms with Gasteiger partial charge in [-0.25, -0.2) is 4.98 Å². The van der Waals surface area contributed by atoms with Crippen LogP contribution < -0.4 is 10.2 Å². The highest BCUT2D eigenvalue weighted by atomic mass is 32.1. The zero-order chi connectivity index (χ0) is 22.9. The fraction of sp³-hybridized carbons (Fsp3) is 0.346.